The van der Waals surface area contributed by atoms with E-state index < -0.39 is 34.5 Å². The summed E-state index contributed by atoms with van der Waals surface area (Å²) in [7, 11) is 3.45. The lowest BCUT2D eigenvalue weighted by atomic mass is 9.73. The van der Waals surface area contributed by atoms with Crippen molar-refractivity contribution in [3.63, 3.8) is 0 Å². The largest absolute Gasteiger partial charge is 0.342 e. The molecule has 396 valence electrons. The molecule has 0 aromatic heterocycles. The number of nitrogens with one attached hydrogen (secondary N) is 4. The van der Waals surface area contributed by atoms with Crippen LogP contribution < -0.4 is 21.3 Å². The highest BCUT2D eigenvalue weighted by atomic mass is 16.2. The molecule has 2 fully saturated rings. The van der Waals surface area contributed by atoms with Crippen LogP contribution >= 0.6 is 0 Å². The standard InChI is InChI=1S/C57H92N8O6/c1-42(58-10)51(68)60-50(55(3,4)5)53(70)64-36-24-30-46(64)40-62(38-34-44-26-18-16-19-27-44)48(66)32-22-14-12-13-15-23-33-49(67)63(39-35-45-28-20-17-21-29-45)41-47-31-25-37-65(47)54(71)57(9,56(6,7)8)61-52(69)43(2)59-11/h16-21,26-29,42-43,46-47,50,58-59H,12-15,22-25,30-41H2,1-11H3,(H,60,68)(H,61,69)/t42-,43-,46-,47-,50+,57+/m0/s1. The molecule has 0 aliphatic carbocycles. The number of nitrogens with zero attached hydrogens (tertiary/aromatic N) is 4. The fourth-order valence-corrected chi connectivity index (χ4v) is 9.69. The minimum absolute atomic E-state index is 0.0941. The molecule has 14 heteroatoms. The molecule has 2 aliphatic rings. The van der Waals surface area contributed by atoms with E-state index >= 15 is 0 Å². The first-order valence-electron chi connectivity index (χ1n) is 26.8. The summed E-state index contributed by atoms with van der Waals surface area (Å²) in [5.74, 6) is -0.447. The van der Waals surface area contributed by atoms with Crippen molar-refractivity contribution < 1.29 is 28.8 Å². The maximum atomic E-state index is 14.5. The number of amides is 6. The highest BCUT2D eigenvalue weighted by Gasteiger charge is 2.50. The molecule has 2 aromatic carbocycles. The SMILES string of the molecule is CN[C@@H](C)C(=O)N[C@H](C(=O)N1CCC[C@H]1CN(CCc1ccccc1)C(=O)CCCCCCCCC(=O)N(CCc1ccccc1)C[C@@H]1CCCN1C(=O)[C@@](C)(NC(=O)[C@H](C)NC)C(C)(C)C)C(C)(C)C. The van der Waals surface area contributed by atoms with Crippen LogP contribution in [-0.2, 0) is 41.6 Å². The summed E-state index contributed by atoms with van der Waals surface area (Å²) in [4.78, 5) is 90.7. The fraction of sp³-hybridized carbons (Fsp3) is 0.684. The van der Waals surface area contributed by atoms with E-state index in [1.54, 1.807) is 27.9 Å². The summed E-state index contributed by atoms with van der Waals surface area (Å²) < 4.78 is 0. The van der Waals surface area contributed by atoms with Crippen LogP contribution in [0.5, 0.6) is 0 Å². The quantitative estimate of drug-likeness (QED) is 0.0704. The van der Waals surface area contributed by atoms with E-state index in [-0.39, 0.29) is 47.5 Å². The molecule has 4 rings (SSSR count). The molecule has 4 N–H and O–H groups in total. The molecule has 71 heavy (non-hydrogen) atoms. The highest BCUT2D eigenvalue weighted by Crippen LogP contribution is 2.35. The number of carbonyl (C=O) groups excluding carboxylic acids is 6. The second-order valence-electron chi connectivity index (χ2n) is 22.6. The van der Waals surface area contributed by atoms with Crippen molar-refractivity contribution in [2.45, 2.75) is 188 Å². The third kappa shape index (κ3) is 17.4. The molecule has 6 amide bonds. The summed E-state index contributed by atoms with van der Waals surface area (Å²) in [6, 6.07) is 18.5. The van der Waals surface area contributed by atoms with Crippen LogP contribution in [0.1, 0.15) is 150 Å². The van der Waals surface area contributed by atoms with Gasteiger partial charge in [-0.1, -0.05) is 128 Å². The molecule has 14 nitrogen and oxygen atoms in total. The van der Waals surface area contributed by atoms with Gasteiger partial charge in [-0.2, -0.15) is 0 Å². The van der Waals surface area contributed by atoms with E-state index in [9.17, 15) is 28.8 Å². The molecule has 0 bridgehead atoms. The number of carbonyl (C=O) groups is 6. The zero-order valence-electron chi connectivity index (χ0n) is 45.5. The van der Waals surface area contributed by atoms with Gasteiger partial charge in [-0.3, -0.25) is 28.8 Å². The van der Waals surface area contributed by atoms with Gasteiger partial charge in [0.2, 0.25) is 35.4 Å². The van der Waals surface area contributed by atoms with Crippen molar-refractivity contribution in [1.82, 2.24) is 40.9 Å². The predicted molar refractivity (Wildman–Crippen MR) is 284 cm³/mol. The number of unbranched alkanes of at least 4 members (excludes halogenated alkanes) is 5. The Morgan fingerprint density at radius 2 is 1.03 bits per heavy atom. The molecule has 2 saturated heterocycles. The third-order valence-electron chi connectivity index (χ3n) is 15.3. The van der Waals surface area contributed by atoms with Gasteiger partial charge >= 0.3 is 0 Å². The molecule has 2 aliphatic heterocycles. The van der Waals surface area contributed by atoms with Gasteiger partial charge in [0.25, 0.3) is 0 Å². The van der Waals surface area contributed by atoms with E-state index in [2.05, 4.69) is 45.5 Å². The lowest BCUT2D eigenvalue weighted by Gasteiger charge is -2.45. The fourth-order valence-electron chi connectivity index (χ4n) is 9.69. The Bertz CT molecular complexity index is 2000. The lowest BCUT2D eigenvalue weighted by molar-refractivity contribution is -0.148. The van der Waals surface area contributed by atoms with Crippen molar-refractivity contribution in [3.05, 3.63) is 71.8 Å². The van der Waals surface area contributed by atoms with Gasteiger partial charge in [-0.25, -0.2) is 0 Å². The average Bonchev–Trinajstić information content (AvgIpc) is 4.02. The van der Waals surface area contributed by atoms with Gasteiger partial charge in [0.15, 0.2) is 0 Å². The van der Waals surface area contributed by atoms with E-state index in [1.807, 2.05) is 104 Å². The van der Waals surface area contributed by atoms with Gasteiger partial charge in [0, 0.05) is 64.2 Å². The van der Waals surface area contributed by atoms with Crippen molar-refractivity contribution in [3.8, 4) is 0 Å². The second kappa shape index (κ2) is 27.9. The maximum absolute atomic E-state index is 14.5. The first kappa shape index (κ1) is 58.7. The Morgan fingerprint density at radius 3 is 1.46 bits per heavy atom. The number of hydrogen-bond donors (Lipinski definition) is 4. The summed E-state index contributed by atoms with van der Waals surface area (Å²) in [5, 5.41) is 12.1. The van der Waals surface area contributed by atoms with Crippen LogP contribution in [0.4, 0.5) is 0 Å². The second-order valence-corrected chi connectivity index (χ2v) is 22.6. The molecule has 0 saturated carbocycles. The summed E-state index contributed by atoms with van der Waals surface area (Å²) in [6.07, 6.45) is 10.9. The predicted octanol–water partition coefficient (Wildman–Crippen LogP) is 6.90. The zero-order valence-corrected chi connectivity index (χ0v) is 45.5. The van der Waals surface area contributed by atoms with Gasteiger partial charge in [0.1, 0.15) is 11.6 Å². The van der Waals surface area contributed by atoms with Crippen molar-refractivity contribution >= 4 is 35.4 Å². The highest BCUT2D eigenvalue weighted by molar-refractivity contribution is 5.94. The van der Waals surface area contributed by atoms with Crippen LogP contribution in [0.25, 0.3) is 0 Å². The normalized spacial score (nSPS) is 18.3. The van der Waals surface area contributed by atoms with Crippen molar-refractivity contribution in [2.75, 3.05) is 53.4 Å². The molecule has 2 aromatic rings. The Kier molecular flexibility index (Phi) is 23.0. The Hall–Kier alpha value is -4.82. The van der Waals surface area contributed by atoms with Gasteiger partial charge in [-0.05, 0) is 108 Å². The first-order valence-corrected chi connectivity index (χ1v) is 26.8. The topological polar surface area (TPSA) is 163 Å². The number of hydrogen-bond acceptors (Lipinski definition) is 8. The zero-order chi connectivity index (χ0) is 52.4. The number of likely N-dealkylation sites (tertiary alicyclic amines) is 2. The number of benzene rings is 2. The van der Waals surface area contributed by atoms with Crippen LogP contribution in [-0.4, -0.2) is 144 Å². The monoisotopic (exact) mass is 985 g/mol. The molecular weight excluding hydrogens is 893 g/mol. The van der Waals surface area contributed by atoms with Gasteiger partial charge < -0.3 is 40.9 Å². The van der Waals surface area contributed by atoms with Crippen LogP contribution in [0.3, 0.4) is 0 Å². The van der Waals surface area contributed by atoms with E-state index in [1.165, 1.54) is 0 Å². The molecule has 6 atom stereocenters. The van der Waals surface area contributed by atoms with E-state index in [0.717, 1.165) is 88.2 Å². The number of rotatable bonds is 27. The minimum atomic E-state index is -1.14. The molecule has 0 spiro atoms. The van der Waals surface area contributed by atoms with Gasteiger partial charge in [0.05, 0.1) is 12.1 Å². The van der Waals surface area contributed by atoms with Crippen molar-refractivity contribution in [1.29, 1.82) is 0 Å². The smallest absolute Gasteiger partial charge is 0.248 e. The van der Waals surface area contributed by atoms with E-state index in [4.69, 9.17) is 0 Å². The Balaban J connectivity index is 1.32. The molecule has 0 radical (unpaired) electrons. The van der Waals surface area contributed by atoms with Gasteiger partial charge in [-0.15, -0.1) is 0 Å². The number of likely N-dealkylation sites (N-methyl/N-ethyl adjacent to an activating group) is 2. The Morgan fingerprint density at radius 1 is 0.606 bits per heavy atom. The Labute approximate surface area is 427 Å². The van der Waals surface area contributed by atoms with Crippen LogP contribution in [0.2, 0.25) is 0 Å². The summed E-state index contributed by atoms with van der Waals surface area (Å²) >= 11 is 0. The van der Waals surface area contributed by atoms with Crippen LogP contribution in [0, 0.1) is 10.8 Å². The molecule has 2 heterocycles. The molecule has 0 unspecified atom stereocenters. The molecular formula is C57H92N8O6. The lowest BCUT2D eigenvalue weighted by Crippen LogP contribution is -2.67. The van der Waals surface area contributed by atoms with Crippen LogP contribution in [0.15, 0.2) is 60.7 Å². The van der Waals surface area contributed by atoms with E-state index in [0.29, 0.717) is 52.1 Å². The summed E-state index contributed by atoms with van der Waals surface area (Å²) in [6.45, 7) is 20.5. The third-order valence-corrected chi connectivity index (χ3v) is 15.3. The minimum Gasteiger partial charge on any atom is -0.342 e. The first-order chi connectivity index (χ1) is 33.6. The average molecular weight is 985 g/mol. The summed E-state index contributed by atoms with van der Waals surface area (Å²) in [5.41, 5.74) is 0.110. The van der Waals surface area contributed by atoms with Crippen molar-refractivity contribution in [2.24, 2.45) is 10.8 Å². The maximum Gasteiger partial charge on any atom is 0.248 e.